The second kappa shape index (κ2) is 9.48. The van der Waals surface area contributed by atoms with Crippen molar-refractivity contribution in [1.82, 2.24) is 9.88 Å². The van der Waals surface area contributed by atoms with E-state index in [0.717, 1.165) is 19.3 Å². The fraction of sp³-hybridized carbons (Fsp3) is 0.450. The first-order valence-electron chi connectivity index (χ1n) is 8.88. The highest BCUT2D eigenvalue weighted by molar-refractivity contribution is 7.09. The maximum atomic E-state index is 12.9. The molecule has 0 bridgehead atoms. The Hall–Kier alpha value is -2.21. The van der Waals surface area contributed by atoms with E-state index >= 15 is 0 Å². The largest absolute Gasteiger partial charge is 0.464 e. The van der Waals surface area contributed by atoms with Gasteiger partial charge in [0.1, 0.15) is 5.01 Å². The van der Waals surface area contributed by atoms with Crippen LogP contribution in [0.5, 0.6) is 0 Å². The summed E-state index contributed by atoms with van der Waals surface area (Å²) in [6.45, 7) is 6.49. The SMILES string of the molecule is CCCCc1ccc(C(=O)N(Cc2nc(C(=O)OC)cs2)C(C)C)cc1. The average molecular weight is 375 g/mol. The smallest absolute Gasteiger partial charge is 0.357 e. The van der Waals surface area contributed by atoms with E-state index in [1.165, 1.54) is 24.0 Å². The van der Waals surface area contributed by atoms with E-state index in [1.807, 2.05) is 38.1 Å². The number of ether oxygens (including phenoxy) is 1. The molecule has 0 N–H and O–H groups in total. The van der Waals surface area contributed by atoms with Gasteiger partial charge < -0.3 is 9.64 Å². The Morgan fingerprint density at radius 2 is 1.92 bits per heavy atom. The van der Waals surface area contributed by atoms with Crippen LogP contribution in [0, 0.1) is 0 Å². The topological polar surface area (TPSA) is 59.5 Å². The van der Waals surface area contributed by atoms with Crippen LogP contribution in [0.15, 0.2) is 29.6 Å². The molecule has 140 valence electrons. The number of benzene rings is 1. The number of nitrogens with zero attached hydrogens (tertiary/aromatic N) is 2. The van der Waals surface area contributed by atoms with Crippen molar-refractivity contribution in [1.29, 1.82) is 0 Å². The standard InChI is InChI=1S/C20H26N2O3S/c1-5-6-7-15-8-10-16(11-9-15)19(23)22(14(2)3)12-18-21-17(13-26-18)20(24)25-4/h8-11,13-14H,5-7,12H2,1-4H3. The summed E-state index contributed by atoms with van der Waals surface area (Å²) in [4.78, 5) is 30.5. The van der Waals surface area contributed by atoms with E-state index in [4.69, 9.17) is 0 Å². The Morgan fingerprint density at radius 1 is 1.23 bits per heavy atom. The molecule has 0 saturated carbocycles. The first-order chi connectivity index (χ1) is 12.5. The molecule has 2 aromatic rings. The van der Waals surface area contributed by atoms with E-state index in [-0.39, 0.29) is 17.6 Å². The molecule has 0 aliphatic carbocycles. The van der Waals surface area contributed by atoms with Crippen molar-refractivity contribution in [2.24, 2.45) is 0 Å². The molecule has 5 nitrogen and oxygen atoms in total. The monoisotopic (exact) mass is 374 g/mol. The summed E-state index contributed by atoms with van der Waals surface area (Å²) < 4.78 is 4.68. The minimum atomic E-state index is -0.461. The van der Waals surface area contributed by atoms with E-state index in [0.29, 0.717) is 17.1 Å². The van der Waals surface area contributed by atoms with Gasteiger partial charge in [-0.25, -0.2) is 9.78 Å². The lowest BCUT2D eigenvalue weighted by Gasteiger charge is -2.26. The predicted octanol–water partition coefficient (Wildman–Crippen LogP) is 4.32. The average Bonchev–Trinajstić information content (AvgIpc) is 3.12. The molecular weight excluding hydrogens is 348 g/mol. The zero-order chi connectivity index (χ0) is 19.1. The third kappa shape index (κ3) is 5.14. The number of esters is 1. The number of hydrogen-bond donors (Lipinski definition) is 0. The Bertz CT molecular complexity index is 738. The summed E-state index contributed by atoms with van der Waals surface area (Å²) in [5.74, 6) is -0.491. The Labute approximate surface area is 159 Å². The fourth-order valence-corrected chi connectivity index (χ4v) is 3.34. The Balaban J connectivity index is 2.12. The van der Waals surface area contributed by atoms with E-state index < -0.39 is 5.97 Å². The third-order valence-corrected chi connectivity index (χ3v) is 4.99. The lowest BCUT2D eigenvalue weighted by molar-refractivity contribution is 0.0594. The van der Waals surface area contributed by atoms with Gasteiger partial charge >= 0.3 is 5.97 Å². The van der Waals surface area contributed by atoms with Gasteiger partial charge in [-0.3, -0.25) is 4.79 Å². The minimum absolute atomic E-state index is 0.0211. The lowest BCUT2D eigenvalue weighted by atomic mass is 10.1. The van der Waals surface area contributed by atoms with Crippen LogP contribution in [0.3, 0.4) is 0 Å². The van der Waals surface area contributed by atoms with Gasteiger partial charge in [-0.2, -0.15) is 0 Å². The van der Waals surface area contributed by atoms with Gasteiger partial charge in [0.2, 0.25) is 0 Å². The molecule has 0 aliphatic heterocycles. The van der Waals surface area contributed by atoms with Crippen molar-refractivity contribution in [2.45, 2.75) is 52.6 Å². The van der Waals surface area contributed by atoms with Crippen LogP contribution >= 0.6 is 11.3 Å². The van der Waals surface area contributed by atoms with Gasteiger partial charge in [0.25, 0.3) is 5.91 Å². The molecule has 0 spiro atoms. The molecular formula is C20H26N2O3S. The molecule has 1 aromatic carbocycles. The zero-order valence-corrected chi connectivity index (χ0v) is 16.6. The van der Waals surface area contributed by atoms with Crippen molar-refractivity contribution in [3.63, 3.8) is 0 Å². The quantitative estimate of drug-likeness (QED) is 0.646. The summed E-state index contributed by atoms with van der Waals surface area (Å²) in [6, 6.07) is 7.86. The highest BCUT2D eigenvalue weighted by Crippen LogP contribution is 2.18. The summed E-state index contributed by atoms with van der Waals surface area (Å²) in [6.07, 6.45) is 3.34. The number of aromatic nitrogens is 1. The van der Waals surface area contributed by atoms with Crippen LogP contribution in [0.2, 0.25) is 0 Å². The van der Waals surface area contributed by atoms with E-state index in [2.05, 4.69) is 16.6 Å². The second-order valence-electron chi connectivity index (χ2n) is 6.45. The van der Waals surface area contributed by atoms with Gasteiger partial charge in [-0.05, 0) is 44.4 Å². The number of hydrogen-bond acceptors (Lipinski definition) is 5. The summed E-state index contributed by atoms with van der Waals surface area (Å²) in [7, 11) is 1.33. The van der Waals surface area contributed by atoms with Gasteiger partial charge in [0.15, 0.2) is 5.69 Å². The molecule has 0 saturated heterocycles. The van der Waals surface area contributed by atoms with Crippen LogP contribution in [0.4, 0.5) is 0 Å². The molecule has 1 amide bonds. The highest BCUT2D eigenvalue weighted by atomic mass is 32.1. The van der Waals surface area contributed by atoms with E-state index in [1.54, 1.807) is 10.3 Å². The fourth-order valence-electron chi connectivity index (χ4n) is 2.58. The van der Waals surface area contributed by atoms with Crippen LogP contribution < -0.4 is 0 Å². The van der Waals surface area contributed by atoms with Crippen molar-refractivity contribution in [2.75, 3.05) is 7.11 Å². The lowest BCUT2D eigenvalue weighted by Crippen LogP contribution is -2.36. The number of carbonyl (C=O) groups is 2. The maximum absolute atomic E-state index is 12.9. The normalized spacial score (nSPS) is 10.8. The first-order valence-corrected chi connectivity index (χ1v) is 9.76. The van der Waals surface area contributed by atoms with Gasteiger partial charge in [-0.15, -0.1) is 11.3 Å². The van der Waals surface area contributed by atoms with Gasteiger partial charge in [0, 0.05) is 17.0 Å². The molecule has 0 unspecified atom stereocenters. The van der Waals surface area contributed by atoms with E-state index in [9.17, 15) is 9.59 Å². The van der Waals surface area contributed by atoms with Crippen LogP contribution in [0.25, 0.3) is 0 Å². The molecule has 26 heavy (non-hydrogen) atoms. The van der Waals surface area contributed by atoms with Crippen LogP contribution in [-0.2, 0) is 17.7 Å². The molecule has 2 rings (SSSR count). The molecule has 0 fully saturated rings. The summed E-state index contributed by atoms with van der Waals surface area (Å²) >= 11 is 1.36. The molecule has 0 atom stereocenters. The number of rotatable bonds is 8. The van der Waals surface area contributed by atoms with Crippen molar-refractivity contribution < 1.29 is 14.3 Å². The zero-order valence-electron chi connectivity index (χ0n) is 15.8. The molecule has 6 heteroatoms. The molecule has 1 heterocycles. The van der Waals surface area contributed by atoms with Crippen LogP contribution in [-0.4, -0.2) is 34.9 Å². The number of methoxy groups -OCH3 is 1. The summed E-state index contributed by atoms with van der Waals surface area (Å²) in [5.41, 5.74) is 2.20. The predicted molar refractivity (Wildman–Crippen MR) is 104 cm³/mol. The number of carbonyl (C=O) groups excluding carboxylic acids is 2. The molecule has 0 radical (unpaired) electrons. The number of amides is 1. The maximum Gasteiger partial charge on any atom is 0.357 e. The number of thiazole rings is 1. The Kier molecular flexibility index (Phi) is 7.33. The van der Waals surface area contributed by atoms with Crippen molar-refractivity contribution in [3.05, 3.63) is 51.5 Å². The first kappa shape index (κ1) is 20.1. The number of unbranched alkanes of at least 4 members (excludes halogenated alkanes) is 1. The number of aryl methyl sites for hydroxylation is 1. The Morgan fingerprint density at radius 3 is 2.50 bits per heavy atom. The van der Waals surface area contributed by atoms with Crippen molar-refractivity contribution >= 4 is 23.2 Å². The second-order valence-corrected chi connectivity index (χ2v) is 7.39. The minimum Gasteiger partial charge on any atom is -0.464 e. The van der Waals surface area contributed by atoms with Gasteiger partial charge in [0.05, 0.1) is 13.7 Å². The third-order valence-electron chi connectivity index (χ3n) is 4.16. The molecule has 0 aliphatic rings. The summed E-state index contributed by atoms with van der Waals surface area (Å²) in [5, 5.41) is 2.37. The highest BCUT2D eigenvalue weighted by Gasteiger charge is 2.21. The van der Waals surface area contributed by atoms with Crippen molar-refractivity contribution in [3.8, 4) is 0 Å². The van der Waals surface area contributed by atoms with Gasteiger partial charge in [-0.1, -0.05) is 25.5 Å². The molecule has 1 aromatic heterocycles. The van der Waals surface area contributed by atoms with Crippen LogP contribution in [0.1, 0.15) is 65.0 Å².